The Labute approximate surface area is 102 Å². The normalized spacial score (nSPS) is 14.9. The molecule has 5 nitrogen and oxygen atoms in total. The summed E-state index contributed by atoms with van der Waals surface area (Å²) in [5, 5.41) is 16.3. The number of hydrogen-bond donors (Lipinski definition) is 2. The lowest BCUT2D eigenvalue weighted by Gasteiger charge is -2.20. The van der Waals surface area contributed by atoms with Crippen LogP contribution in [0.1, 0.15) is 38.8 Å². The van der Waals surface area contributed by atoms with Crippen LogP contribution in [0.15, 0.2) is 12.4 Å². The van der Waals surface area contributed by atoms with Crippen LogP contribution in [0, 0.1) is 5.92 Å². The Morgan fingerprint density at radius 2 is 2.18 bits per heavy atom. The fraction of sp³-hybridized carbons (Fsp3) is 0.667. The van der Waals surface area contributed by atoms with Crippen LogP contribution in [-0.2, 0) is 11.8 Å². The molecule has 0 spiro atoms. The Bertz CT molecular complexity index is 374. The Hall–Kier alpha value is -1.36. The number of carboxylic acid groups (broad SMARTS) is 1. The molecule has 0 fully saturated rings. The maximum Gasteiger partial charge on any atom is 0.320 e. The van der Waals surface area contributed by atoms with Crippen molar-refractivity contribution >= 4 is 5.97 Å². The minimum atomic E-state index is -0.797. The van der Waals surface area contributed by atoms with Crippen molar-refractivity contribution in [2.45, 2.75) is 39.3 Å². The lowest BCUT2D eigenvalue weighted by atomic mass is 10.0. The molecule has 1 aromatic heterocycles. The average Bonchev–Trinajstić information content (AvgIpc) is 2.63. The number of carboxylic acids is 1. The number of nitrogens with one attached hydrogen (secondary N) is 1. The second-order valence-electron chi connectivity index (χ2n) is 4.86. The Kier molecular flexibility index (Phi) is 4.69. The summed E-state index contributed by atoms with van der Waals surface area (Å²) in [5.74, 6) is -0.445. The first-order valence-electron chi connectivity index (χ1n) is 5.87. The number of nitrogens with zero attached hydrogens (tertiary/aromatic N) is 2. The van der Waals surface area contributed by atoms with E-state index in [2.05, 4.69) is 10.4 Å². The van der Waals surface area contributed by atoms with Crippen LogP contribution in [0.4, 0.5) is 0 Å². The van der Waals surface area contributed by atoms with E-state index in [0.29, 0.717) is 12.3 Å². The third-order valence-corrected chi connectivity index (χ3v) is 2.68. The van der Waals surface area contributed by atoms with E-state index in [1.807, 2.05) is 34.0 Å². The van der Waals surface area contributed by atoms with Crippen LogP contribution in [0.2, 0.25) is 0 Å². The maximum atomic E-state index is 11.1. The van der Waals surface area contributed by atoms with Crippen LogP contribution in [0.3, 0.4) is 0 Å². The van der Waals surface area contributed by atoms with E-state index in [-0.39, 0.29) is 6.04 Å². The molecule has 0 radical (unpaired) electrons. The third-order valence-electron chi connectivity index (χ3n) is 2.68. The van der Waals surface area contributed by atoms with E-state index < -0.39 is 12.0 Å². The zero-order valence-corrected chi connectivity index (χ0v) is 10.8. The third kappa shape index (κ3) is 4.19. The second kappa shape index (κ2) is 5.82. The van der Waals surface area contributed by atoms with Crippen molar-refractivity contribution < 1.29 is 9.90 Å². The molecule has 0 bridgehead atoms. The zero-order valence-electron chi connectivity index (χ0n) is 10.8. The van der Waals surface area contributed by atoms with Crippen molar-refractivity contribution in [2.24, 2.45) is 13.0 Å². The highest BCUT2D eigenvalue weighted by Gasteiger charge is 2.21. The predicted octanol–water partition coefficient (Wildman–Crippen LogP) is 1.57. The summed E-state index contributed by atoms with van der Waals surface area (Å²) in [6.07, 6.45) is 4.28. The van der Waals surface area contributed by atoms with Gasteiger partial charge in [-0.3, -0.25) is 14.8 Å². The summed E-state index contributed by atoms with van der Waals surface area (Å²) in [7, 11) is 1.85. The number of rotatable bonds is 6. The molecule has 2 atom stereocenters. The van der Waals surface area contributed by atoms with Gasteiger partial charge in [0.25, 0.3) is 0 Å². The first kappa shape index (κ1) is 13.7. The molecule has 0 aliphatic carbocycles. The molecule has 0 saturated carbocycles. The first-order valence-corrected chi connectivity index (χ1v) is 5.87. The van der Waals surface area contributed by atoms with Gasteiger partial charge >= 0.3 is 5.97 Å². The maximum absolute atomic E-state index is 11.1. The molecule has 0 aromatic carbocycles. The van der Waals surface area contributed by atoms with Gasteiger partial charge in [-0.05, 0) is 19.3 Å². The molecule has 5 heteroatoms. The van der Waals surface area contributed by atoms with Gasteiger partial charge in [-0.2, -0.15) is 5.10 Å². The average molecular weight is 239 g/mol. The highest BCUT2D eigenvalue weighted by Crippen LogP contribution is 2.14. The van der Waals surface area contributed by atoms with Crippen molar-refractivity contribution in [3.8, 4) is 0 Å². The van der Waals surface area contributed by atoms with E-state index in [1.165, 1.54) is 0 Å². The van der Waals surface area contributed by atoms with Gasteiger partial charge < -0.3 is 5.11 Å². The van der Waals surface area contributed by atoms with E-state index in [0.717, 1.165) is 5.56 Å². The molecule has 1 rings (SSSR count). The van der Waals surface area contributed by atoms with Crippen molar-refractivity contribution in [1.29, 1.82) is 0 Å². The van der Waals surface area contributed by atoms with Crippen LogP contribution >= 0.6 is 0 Å². The first-order chi connectivity index (χ1) is 7.90. The minimum absolute atomic E-state index is 0.0106. The van der Waals surface area contributed by atoms with E-state index in [4.69, 9.17) is 5.11 Å². The molecular formula is C12H21N3O2. The molecule has 1 heterocycles. The smallest absolute Gasteiger partial charge is 0.320 e. The molecule has 96 valence electrons. The number of aryl methyl sites for hydroxylation is 1. The molecule has 2 unspecified atom stereocenters. The van der Waals surface area contributed by atoms with Gasteiger partial charge in [0.05, 0.1) is 6.20 Å². The van der Waals surface area contributed by atoms with Crippen molar-refractivity contribution in [1.82, 2.24) is 15.1 Å². The predicted molar refractivity (Wildman–Crippen MR) is 65.6 cm³/mol. The molecule has 0 amide bonds. The number of aliphatic carboxylic acids is 1. The monoisotopic (exact) mass is 239 g/mol. The summed E-state index contributed by atoms with van der Waals surface area (Å²) in [5.41, 5.74) is 1.00. The standard InChI is InChI=1S/C12H21N3O2/c1-8(2)5-11(12(16)17)14-9(3)10-6-13-15(4)7-10/h6-9,11,14H,5H2,1-4H3,(H,16,17). The Morgan fingerprint density at radius 1 is 1.53 bits per heavy atom. The summed E-state index contributed by atoms with van der Waals surface area (Å²) in [6, 6.07) is -0.520. The molecule has 0 aliphatic rings. The topological polar surface area (TPSA) is 67.2 Å². The molecular weight excluding hydrogens is 218 g/mol. The molecule has 17 heavy (non-hydrogen) atoms. The zero-order chi connectivity index (χ0) is 13.0. The number of aromatic nitrogens is 2. The molecule has 0 saturated heterocycles. The lowest BCUT2D eigenvalue weighted by Crippen LogP contribution is -2.39. The van der Waals surface area contributed by atoms with Crippen LogP contribution < -0.4 is 5.32 Å². The van der Waals surface area contributed by atoms with Gasteiger partial charge in [0.1, 0.15) is 6.04 Å². The fourth-order valence-electron chi connectivity index (χ4n) is 1.77. The molecule has 2 N–H and O–H groups in total. The number of hydrogen-bond acceptors (Lipinski definition) is 3. The second-order valence-corrected chi connectivity index (χ2v) is 4.86. The quantitative estimate of drug-likeness (QED) is 0.790. The highest BCUT2D eigenvalue weighted by molar-refractivity contribution is 5.73. The van der Waals surface area contributed by atoms with Crippen molar-refractivity contribution in [3.63, 3.8) is 0 Å². The van der Waals surface area contributed by atoms with Gasteiger partial charge in [0.2, 0.25) is 0 Å². The number of carbonyl (C=O) groups is 1. The van der Waals surface area contributed by atoms with Gasteiger partial charge in [0, 0.05) is 24.8 Å². The SMILES string of the molecule is CC(C)CC(NC(C)c1cnn(C)c1)C(=O)O. The fourth-order valence-corrected chi connectivity index (χ4v) is 1.77. The van der Waals surface area contributed by atoms with Gasteiger partial charge in [0.15, 0.2) is 0 Å². The molecule has 1 aromatic rings. The van der Waals surface area contributed by atoms with E-state index >= 15 is 0 Å². The molecule has 0 aliphatic heterocycles. The minimum Gasteiger partial charge on any atom is -0.480 e. The van der Waals surface area contributed by atoms with Crippen LogP contribution in [0.25, 0.3) is 0 Å². The summed E-state index contributed by atoms with van der Waals surface area (Å²) in [6.45, 7) is 5.99. The highest BCUT2D eigenvalue weighted by atomic mass is 16.4. The lowest BCUT2D eigenvalue weighted by molar-refractivity contribution is -0.140. The summed E-state index contributed by atoms with van der Waals surface area (Å²) < 4.78 is 1.71. The van der Waals surface area contributed by atoms with Crippen molar-refractivity contribution in [3.05, 3.63) is 18.0 Å². The van der Waals surface area contributed by atoms with Gasteiger partial charge in [-0.1, -0.05) is 13.8 Å². The Balaban J connectivity index is 2.63. The van der Waals surface area contributed by atoms with Crippen LogP contribution in [0.5, 0.6) is 0 Å². The largest absolute Gasteiger partial charge is 0.480 e. The Morgan fingerprint density at radius 3 is 2.59 bits per heavy atom. The van der Waals surface area contributed by atoms with Gasteiger partial charge in [-0.15, -0.1) is 0 Å². The summed E-state index contributed by atoms with van der Waals surface area (Å²) >= 11 is 0. The van der Waals surface area contributed by atoms with Crippen LogP contribution in [-0.4, -0.2) is 26.9 Å². The summed E-state index contributed by atoms with van der Waals surface area (Å²) in [4.78, 5) is 11.1. The van der Waals surface area contributed by atoms with E-state index in [9.17, 15) is 4.79 Å². The van der Waals surface area contributed by atoms with Crippen molar-refractivity contribution in [2.75, 3.05) is 0 Å². The van der Waals surface area contributed by atoms with Gasteiger partial charge in [-0.25, -0.2) is 0 Å². The van der Waals surface area contributed by atoms with E-state index in [1.54, 1.807) is 10.9 Å².